The van der Waals surface area contributed by atoms with E-state index in [1.807, 2.05) is 0 Å². The second-order valence-electron chi connectivity index (χ2n) is 5.48. The Morgan fingerprint density at radius 3 is 2.65 bits per heavy atom. The number of benzene rings is 1. The first-order chi connectivity index (χ1) is 8.33. The molecule has 1 saturated carbocycles. The van der Waals surface area contributed by atoms with E-state index in [9.17, 15) is 5.11 Å². The molecule has 1 aromatic rings. The molecule has 3 rings (SSSR count). The molecule has 0 heterocycles. The third-order valence-corrected chi connectivity index (χ3v) is 4.28. The third-order valence-electron chi connectivity index (χ3n) is 4.28. The lowest BCUT2D eigenvalue weighted by atomic mass is 9.88. The van der Waals surface area contributed by atoms with E-state index in [0.717, 1.165) is 19.3 Å². The normalized spacial score (nSPS) is 32.4. The zero-order valence-electron chi connectivity index (χ0n) is 10.2. The van der Waals surface area contributed by atoms with Crippen LogP contribution in [0, 0.1) is 0 Å². The monoisotopic (exact) mass is 231 g/mol. The number of aryl methyl sites for hydroxylation is 1. The smallest absolute Gasteiger partial charge is 0.0693 e. The Bertz CT molecular complexity index is 390. The van der Waals surface area contributed by atoms with Gasteiger partial charge in [-0.2, -0.15) is 0 Å². The van der Waals surface area contributed by atoms with E-state index in [1.54, 1.807) is 0 Å². The van der Waals surface area contributed by atoms with Crippen LogP contribution in [0.15, 0.2) is 24.3 Å². The molecular weight excluding hydrogens is 210 g/mol. The summed E-state index contributed by atoms with van der Waals surface area (Å²) in [7, 11) is 0. The molecule has 0 saturated heterocycles. The summed E-state index contributed by atoms with van der Waals surface area (Å²) >= 11 is 0. The van der Waals surface area contributed by atoms with Gasteiger partial charge in [-0.3, -0.25) is 0 Å². The van der Waals surface area contributed by atoms with Gasteiger partial charge < -0.3 is 10.4 Å². The lowest BCUT2D eigenvalue weighted by Crippen LogP contribution is -2.45. The first kappa shape index (κ1) is 11.2. The van der Waals surface area contributed by atoms with Crippen LogP contribution in [0.25, 0.3) is 0 Å². The maximum atomic E-state index is 9.85. The van der Waals surface area contributed by atoms with Gasteiger partial charge in [0.1, 0.15) is 0 Å². The van der Waals surface area contributed by atoms with Crippen molar-refractivity contribution >= 4 is 0 Å². The second-order valence-corrected chi connectivity index (χ2v) is 5.48. The summed E-state index contributed by atoms with van der Waals surface area (Å²) in [6, 6.07) is 9.65. The SMILES string of the molecule is O[C@H]1CCC[C@@H]1NC1CCc2ccccc2C1. The molecule has 0 spiro atoms. The van der Waals surface area contributed by atoms with Gasteiger partial charge >= 0.3 is 0 Å². The number of rotatable bonds is 2. The Morgan fingerprint density at radius 1 is 1.06 bits per heavy atom. The highest BCUT2D eigenvalue weighted by molar-refractivity contribution is 5.30. The van der Waals surface area contributed by atoms with E-state index < -0.39 is 0 Å². The van der Waals surface area contributed by atoms with Gasteiger partial charge in [0.25, 0.3) is 0 Å². The van der Waals surface area contributed by atoms with Gasteiger partial charge in [-0.05, 0) is 49.7 Å². The standard InChI is InChI=1S/C15H21NO/c17-15-7-3-6-14(15)16-13-9-8-11-4-1-2-5-12(11)10-13/h1-2,4-5,13-17H,3,6-10H2/t13?,14-,15-/m0/s1. The highest BCUT2D eigenvalue weighted by atomic mass is 16.3. The average molecular weight is 231 g/mol. The van der Waals surface area contributed by atoms with Crippen molar-refractivity contribution in [2.24, 2.45) is 0 Å². The molecule has 2 aliphatic carbocycles. The Labute approximate surface area is 103 Å². The second kappa shape index (κ2) is 4.79. The molecule has 1 fully saturated rings. The quantitative estimate of drug-likeness (QED) is 0.816. The zero-order chi connectivity index (χ0) is 11.7. The third kappa shape index (κ3) is 2.38. The fraction of sp³-hybridized carbons (Fsp3) is 0.600. The van der Waals surface area contributed by atoms with Crippen LogP contribution in [0.2, 0.25) is 0 Å². The Morgan fingerprint density at radius 2 is 1.88 bits per heavy atom. The maximum Gasteiger partial charge on any atom is 0.0693 e. The minimum absolute atomic E-state index is 0.118. The summed E-state index contributed by atoms with van der Waals surface area (Å²) in [6.45, 7) is 0. The van der Waals surface area contributed by atoms with Crippen LogP contribution in [0.1, 0.15) is 36.8 Å². The molecule has 92 valence electrons. The van der Waals surface area contributed by atoms with Crippen LogP contribution in [-0.4, -0.2) is 23.3 Å². The van der Waals surface area contributed by atoms with Crippen LogP contribution in [0.3, 0.4) is 0 Å². The van der Waals surface area contributed by atoms with Gasteiger partial charge in [0.05, 0.1) is 6.10 Å². The van der Waals surface area contributed by atoms with Crippen molar-refractivity contribution < 1.29 is 5.11 Å². The Hall–Kier alpha value is -0.860. The molecular formula is C15H21NO. The topological polar surface area (TPSA) is 32.3 Å². The van der Waals surface area contributed by atoms with Gasteiger partial charge in [0, 0.05) is 12.1 Å². The van der Waals surface area contributed by atoms with Crippen molar-refractivity contribution in [2.75, 3.05) is 0 Å². The molecule has 2 N–H and O–H groups in total. The van der Waals surface area contributed by atoms with Gasteiger partial charge in [-0.15, -0.1) is 0 Å². The fourth-order valence-electron chi connectivity index (χ4n) is 3.28. The number of nitrogens with one attached hydrogen (secondary N) is 1. The highest BCUT2D eigenvalue weighted by Crippen LogP contribution is 2.24. The van der Waals surface area contributed by atoms with Crippen LogP contribution in [0.4, 0.5) is 0 Å². The van der Waals surface area contributed by atoms with Crippen LogP contribution in [0.5, 0.6) is 0 Å². The van der Waals surface area contributed by atoms with E-state index in [-0.39, 0.29) is 6.10 Å². The number of hydrogen-bond acceptors (Lipinski definition) is 2. The fourth-order valence-corrected chi connectivity index (χ4v) is 3.28. The molecule has 0 aromatic heterocycles. The van der Waals surface area contributed by atoms with E-state index in [2.05, 4.69) is 29.6 Å². The number of aliphatic hydroxyl groups excluding tert-OH is 1. The average Bonchev–Trinajstić information content (AvgIpc) is 2.75. The zero-order valence-corrected chi connectivity index (χ0v) is 10.2. The van der Waals surface area contributed by atoms with Crippen LogP contribution in [-0.2, 0) is 12.8 Å². The van der Waals surface area contributed by atoms with Gasteiger partial charge in [-0.1, -0.05) is 24.3 Å². The summed E-state index contributed by atoms with van der Waals surface area (Å²) in [4.78, 5) is 0. The molecule has 17 heavy (non-hydrogen) atoms. The molecule has 3 atom stereocenters. The number of aliphatic hydroxyl groups is 1. The van der Waals surface area contributed by atoms with E-state index in [1.165, 1.54) is 30.4 Å². The molecule has 0 aliphatic heterocycles. The van der Waals surface area contributed by atoms with E-state index in [4.69, 9.17) is 0 Å². The highest BCUT2D eigenvalue weighted by Gasteiger charge is 2.28. The molecule has 0 radical (unpaired) electrons. The molecule has 0 bridgehead atoms. The Balaban J connectivity index is 1.64. The Kier molecular flexibility index (Phi) is 3.17. The largest absolute Gasteiger partial charge is 0.392 e. The van der Waals surface area contributed by atoms with Crippen molar-refractivity contribution in [3.63, 3.8) is 0 Å². The first-order valence-corrected chi connectivity index (χ1v) is 6.84. The molecule has 1 aromatic carbocycles. The molecule has 2 aliphatic rings. The molecule has 1 unspecified atom stereocenters. The summed E-state index contributed by atoms with van der Waals surface area (Å²) in [6.07, 6.45) is 6.67. The number of hydrogen-bond donors (Lipinski definition) is 2. The van der Waals surface area contributed by atoms with Crippen molar-refractivity contribution in [1.82, 2.24) is 5.32 Å². The first-order valence-electron chi connectivity index (χ1n) is 6.84. The summed E-state index contributed by atoms with van der Waals surface area (Å²) in [5.41, 5.74) is 3.00. The van der Waals surface area contributed by atoms with Gasteiger partial charge in [-0.25, -0.2) is 0 Å². The van der Waals surface area contributed by atoms with E-state index in [0.29, 0.717) is 12.1 Å². The lowest BCUT2D eigenvalue weighted by Gasteiger charge is -2.29. The molecule has 2 nitrogen and oxygen atoms in total. The molecule has 0 amide bonds. The lowest BCUT2D eigenvalue weighted by molar-refractivity contribution is 0.141. The van der Waals surface area contributed by atoms with Crippen LogP contribution < -0.4 is 5.32 Å². The van der Waals surface area contributed by atoms with Gasteiger partial charge in [0.15, 0.2) is 0 Å². The molecule has 2 heteroatoms. The van der Waals surface area contributed by atoms with Crippen LogP contribution >= 0.6 is 0 Å². The van der Waals surface area contributed by atoms with Crippen molar-refractivity contribution in [1.29, 1.82) is 0 Å². The summed E-state index contributed by atoms with van der Waals surface area (Å²) < 4.78 is 0. The predicted octanol–water partition coefficient (Wildman–Crippen LogP) is 2.05. The van der Waals surface area contributed by atoms with Crippen molar-refractivity contribution in [3.05, 3.63) is 35.4 Å². The minimum Gasteiger partial charge on any atom is -0.392 e. The van der Waals surface area contributed by atoms with Gasteiger partial charge in [0.2, 0.25) is 0 Å². The minimum atomic E-state index is -0.118. The maximum absolute atomic E-state index is 9.85. The predicted molar refractivity (Wildman–Crippen MR) is 69.0 cm³/mol. The number of fused-ring (bicyclic) bond motifs is 1. The summed E-state index contributed by atoms with van der Waals surface area (Å²) in [5.74, 6) is 0. The summed E-state index contributed by atoms with van der Waals surface area (Å²) in [5, 5.41) is 13.5. The van der Waals surface area contributed by atoms with Crippen molar-refractivity contribution in [2.45, 2.75) is 56.7 Å². The van der Waals surface area contributed by atoms with Crippen molar-refractivity contribution in [3.8, 4) is 0 Å². The van der Waals surface area contributed by atoms with E-state index >= 15 is 0 Å².